The zero-order chi connectivity index (χ0) is 23.9. The maximum absolute atomic E-state index is 12.8. The standard InChI is InChI=1S/C22H24N4O7/c1-12-5-7-22(8-6-12)20(31)26(21(32)24-22)10-17(28)33-11-16(27)23-13-3-4-14-15(9-13)19(30)25(2)18(14)29/h3-4,9,12H,5-8,10-11H2,1-2H3,(H,23,27)(H,24,32). The highest BCUT2D eigenvalue weighted by atomic mass is 16.5. The lowest BCUT2D eigenvalue weighted by Crippen LogP contribution is -2.49. The van der Waals surface area contributed by atoms with Crippen LogP contribution in [0.3, 0.4) is 0 Å². The summed E-state index contributed by atoms with van der Waals surface area (Å²) >= 11 is 0. The molecule has 11 nitrogen and oxygen atoms in total. The highest BCUT2D eigenvalue weighted by Crippen LogP contribution is 2.36. The number of urea groups is 1. The molecular weight excluding hydrogens is 432 g/mol. The summed E-state index contributed by atoms with van der Waals surface area (Å²) in [5, 5.41) is 5.20. The van der Waals surface area contributed by atoms with E-state index in [1.54, 1.807) is 0 Å². The van der Waals surface area contributed by atoms with Gasteiger partial charge in [-0.1, -0.05) is 6.92 Å². The zero-order valence-electron chi connectivity index (χ0n) is 18.3. The van der Waals surface area contributed by atoms with Gasteiger partial charge in [-0.15, -0.1) is 0 Å². The van der Waals surface area contributed by atoms with Gasteiger partial charge in [0.05, 0.1) is 11.1 Å². The number of hydrogen-bond donors (Lipinski definition) is 2. The van der Waals surface area contributed by atoms with E-state index in [1.165, 1.54) is 25.2 Å². The van der Waals surface area contributed by atoms with Gasteiger partial charge >= 0.3 is 12.0 Å². The van der Waals surface area contributed by atoms with E-state index < -0.39 is 54.3 Å². The number of imide groups is 2. The first kappa shape index (κ1) is 22.4. The Labute approximate surface area is 189 Å². The van der Waals surface area contributed by atoms with E-state index in [4.69, 9.17) is 4.74 Å². The molecule has 174 valence electrons. The molecule has 0 atom stereocenters. The number of rotatable bonds is 5. The number of nitrogens with zero attached hydrogens (tertiary/aromatic N) is 2. The monoisotopic (exact) mass is 456 g/mol. The summed E-state index contributed by atoms with van der Waals surface area (Å²) in [7, 11) is 1.37. The molecule has 0 bridgehead atoms. The second-order valence-electron chi connectivity index (χ2n) is 8.72. The summed E-state index contributed by atoms with van der Waals surface area (Å²) in [4.78, 5) is 75.2. The molecule has 0 radical (unpaired) electrons. The largest absolute Gasteiger partial charge is 0.454 e. The van der Waals surface area contributed by atoms with E-state index in [0.29, 0.717) is 18.8 Å². The molecule has 33 heavy (non-hydrogen) atoms. The summed E-state index contributed by atoms with van der Waals surface area (Å²) in [5.41, 5.74) is -0.289. The quantitative estimate of drug-likeness (QED) is 0.381. The highest BCUT2D eigenvalue weighted by molar-refractivity contribution is 6.21. The van der Waals surface area contributed by atoms with Crippen molar-refractivity contribution < 1.29 is 33.5 Å². The van der Waals surface area contributed by atoms with Gasteiger partial charge in [0.1, 0.15) is 12.1 Å². The number of hydrogen-bond acceptors (Lipinski definition) is 7. The summed E-state index contributed by atoms with van der Waals surface area (Å²) in [6.07, 6.45) is 2.67. The van der Waals surface area contributed by atoms with Crippen LogP contribution in [0.4, 0.5) is 10.5 Å². The minimum absolute atomic E-state index is 0.168. The Hall–Kier alpha value is -3.76. The van der Waals surface area contributed by atoms with Gasteiger partial charge in [0, 0.05) is 12.7 Å². The van der Waals surface area contributed by atoms with Crippen molar-refractivity contribution in [3.63, 3.8) is 0 Å². The second-order valence-corrected chi connectivity index (χ2v) is 8.72. The molecule has 4 rings (SSSR count). The molecule has 1 saturated heterocycles. The topological polar surface area (TPSA) is 142 Å². The Morgan fingerprint density at radius 1 is 1.12 bits per heavy atom. The number of fused-ring (bicyclic) bond motifs is 1. The Kier molecular flexibility index (Phi) is 5.64. The first-order chi connectivity index (χ1) is 15.6. The van der Waals surface area contributed by atoms with E-state index in [-0.39, 0.29) is 16.8 Å². The number of anilines is 1. The molecule has 0 aromatic heterocycles. The molecular formula is C22H24N4O7. The van der Waals surface area contributed by atoms with E-state index in [9.17, 15) is 28.8 Å². The number of nitrogens with one attached hydrogen (secondary N) is 2. The molecule has 11 heteroatoms. The molecule has 1 saturated carbocycles. The van der Waals surface area contributed by atoms with Crippen molar-refractivity contribution in [2.24, 2.45) is 5.92 Å². The molecule has 2 heterocycles. The average molecular weight is 456 g/mol. The van der Waals surface area contributed by atoms with Crippen LogP contribution in [0.15, 0.2) is 18.2 Å². The van der Waals surface area contributed by atoms with Gasteiger partial charge in [0.25, 0.3) is 23.6 Å². The first-order valence-electron chi connectivity index (χ1n) is 10.7. The summed E-state index contributed by atoms with van der Waals surface area (Å²) in [6.45, 7) is 0.860. The van der Waals surface area contributed by atoms with Crippen LogP contribution in [0.1, 0.15) is 53.3 Å². The Morgan fingerprint density at radius 2 is 1.79 bits per heavy atom. The summed E-state index contributed by atoms with van der Waals surface area (Å²) in [5.74, 6) is -2.44. The van der Waals surface area contributed by atoms with Crippen molar-refractivity contribution >= 4 is 41.3 Å². The lowest BCUT2D eigenvalue weighted by molar-refractivity contribution is -0.150. The number of esters is 1. The first-order valence-corrected chi connectivity index (χ1v) is 10.7. The Morgan fingerprint density at radius 3 is 2.48 bits per heavy atom. The molecule has 1 aromatic carbocycles. The van der Waals surface area contributed by atoms with E-state index in [0.717, 1.165) is 22.6 Å². The number of ether oxygens (including phenoxy) is 1. The smallest absolute Gasteiger partial charge is 0.326 e. The lowest BCUT2D eigenvalue weighted by atomic mass is 9.77. The SMILES string of the molecule is CC1CCC2(CC1)NC(=O)N(CC(=O)OCC(=O)Nc1ccc3c(c1)C(=O)N(C)C3=O)C2=O. The molecule has 0 unspecified atom stereocenters. The third-order valence-corrected chi connectivity index (χ3v) is 6.40. The number of benzene rings is 1. The molecule has 1 aliphatic carbocycles. The van der Waals surface area contributed by atoms with Gasteiger partial charge < -0.3 is 15.4 Å². The minimum atomic E-state index is -0.957. The Bertz CT molecular complexity index is 1070. The van der Waals surface area contributed by atoms with Crippen molar-refractivity contribution in [3.05, 3.63) is 29.3 Å². The lowest BCUT2D eigenvalue weighted by Gasteiger charge is -2.33. The number of carbonyl (C=O) groups excluding carboxylic acids is 6. The molecule has 3 aliphatic rings. The Balaban J connectivity index is 1.29. The fourth-order valence-corrected chi connectivity index (χ4v) is 4.37. The van der Waals surface area contributed by atoms with Crippen LogP contribution in [0.25, 0.3) is 0 Å². The molecule has 2 aliphatic heterocycles. The van der Waals surface area contributed by atoms with Crippen LogP contribution in [0, 0.1) is 5.92 Å². The van der Waals surface area contributed by atoms with Gasteiger partial charge in [0.2, 0.25) is 0 Å². The second kappa shape index (κ2) is 8.30. The summed E-state index contributed by atoms with van der Waals surface area (Å²) < 4.78 is 4.92. The van der Waals surface area contributed by atoms with Crippen LogP contribution in [-0.4, -0.2) is 71.2 Å². The normalized spacial score (nSPS) is 24.2. The van der Waals surface area contributed by atoms with E-state index in [2.05, 4.69) is 17.6 Å². The third kappa shape index (κ3) is 4.06. The minimum Gasteiger partial charge on any atom is -0.454 e. The predicted octanol–water partition coefficient (Wildman–Crippen LogP) is 0.895. The molecule has 6 amide bonds. The molecule has 2 fully saturated rings. The van der Waals surface area contributed by atoms with Crippen LogP contribution in [-0.2, 0) is 19.1 Å². The molecule has 2 N–H and O–H groups in total. The fourth-order valence-electron chi connectivity index (χ4n) is 4.37. The van der Waals surface area contributed by atoms with Crippen LogP contribution < -0.4 is 10.6 Å². The fraction of sp³-hybridized carbons (Fsp3) is 0.455. The number of amides is 6. The third-order valence-electron chi connectivity index (χ3n) is 6.40. The predicted molar refractivity (Wildman–Crippen MR) is 113 cm³/mol. The maximum Gasteiger partial charge on any atom is 0.326 e. The van der Waals surface area contributed by atoms with Crippen molar-refractivity contribution in [1.82, 2.24) is 15.1 Å². The summed E-state index contributed by atoms with van der Waals surface area (Å²) in [6, 6.07) is 3.62. The van der Waals surface area contributed by atoms with Crippen LogP contribution >= 0.6 is 0 Å². The van der Waals surface area contributed by atoms with Gasteiger partial charge in [0.15, 0.2) is 6.61 Å². The van der Waals surface area contributed by atoms with Crippen LogP contribution in [0.5, 0.6) is 0 Å². The van der Waals surface area contributed by atoms with E-state index >= 15 is 0 Å². The number of carbonyl (C=O) groups is 6. The molecule has 1 spiro atoms. The van der Waals surface area contributed by atoms with Crippen molar-refractivity contribution in [2.75, 3.05) is 25.5 Å². The van der Waals surface area contributed by atoms with Gasteiger partial charge in [-0.2, -0.15) is 0 Å². The van der Waals surface area contributed by atoms with Crippen molar-refractivity contribution in [1.29, 1.82) is 0 Å². The van der Waals surface area contributed by atoms with Crippen LogP contribution in [0.2, 0.25) is 0 Å². The average Bonchev–Trinajstić information content (AvgIpc) is 3.14. The highest BCUT2D eigenvalue weighted by Gasteiger charge is 2.52. The van der Waals surface area contributed by atoms with Crippen molar-refractivity contribution in [2.45, 2.75) is 38.1 Å². The maximum atomic E-state index is 12.8. The van der Waals surface area contributed by atoms with Crippen molar-refractivity contribution in [3.8, 4) is 0 Å². The van der Waals surface area contributed by atoms with Gasteiger partial charge in [-0.25, -0.2) is 4.79 Å². The van der Waals surface area contributed by atoms with Gasteiger partial charge in [-0.3, -0.25) is 33.8 Å². The van der Waals surface area contributed by atoms with Gasteiger partial charge in [-0.05, 0) is 49.8 Å². The zero-order valence-corrected chi connectivity index (χ0v) is 18.3. The molecule has 1 aromatic rings. The van der Waals surface area contributed by atoms with E-state index in [1.807, 2.05) is 0 Å².